The van der Waals surface area contributed by atoms with Crippen LogP contribution in [0.1, 0.15) is 35.7 Å². The predicted molar refractivity (Wildman–Crippen MR) is 123 cm³/mol. The molecule has 0 bridgehead atoms. The number of amides is 1. The third-order valence-electron chi connectivity index (χ3n) is 3.83. The largest absolute Gasteiger partial charge is 0.507 e. The van der Waals surface area contributed by atoms with Gasteiger partial charge in [-0.25, -0.2) is 0 Å². The normalized spacial score (nSPS) is 12.0. The number of aromatic hydroxyl groups is 1. The molecule has 1 aromatic heterocycles. The van der Waals surface area contributed by atoms with E-state index in [0.29, 0.717) is 25.6 Å². The van der Waals surface area contributed by atoms with Gasteiger partial charge in [-0.15, -0.1) is 24.0 Å². The molecule has 0 aliphatic rings. The fraction of sp³-hybridized carbons (Fsp3) is 0.368. The van der Waals surface area contributed by atoms with Gasteiger partial charge < -0.3 is 21.1 Å². The lowest BCUT2D eigenvalue weighted by Gasteiger charge is -2.13. The number of benzene rings is 1. The first-order valence-corrected chi connectivity index (χ1v) is 9.66. The summed E-state index contributed by atoms with van der Waals surface area (Å²) in [6, 6.07) is 8.62. The first-order valence-electron chi connectivity index (χ1n) is 8.72. The number of thiophene rings is 1. The summed E-state index contributed by atoms with van der Waals surface area (Å²) in [7, 11) is 0. The Labute approximate surface area is 181 Å². The smallest absolute Gasteiger partial charge is 0.255 e. The third kappa shape index (κ3) is 7.76. The number of para-hydroxylation sites is 1. The molecule has 4 N–H and O–H groups in total. The van der Waals surface area contributed by atoms with Crippen LogP contribution in [-0.4, -0.2) is 43.2 Å². The molecule has 8 heteroatoms. The molecule has 0 radical (unpaired) electrons. The van der Waals surface area contributed by atoms with Gasteiger partial charge in [0.2, 0.25) is 0 Å². The van der Waals surface area contributed by atoms with E-state index in [1.165, 1.54) is 11.6 Å². The molecule has 0 saturated carbocycles. The number of hydrogen-bond donors (Lipinski definition) is 4. The monoisotopic (exact) mass is 502 g/mol. The lowest BCUT2D eigenvalue weighted by atomic mass is 10.1. The van der Waals surface area contributed by atoms with Gasteiger partial charge in [0.1, 0.15) is 5.75 Å². The zero-order valence-corrected chi connectivity index (χ0v) is 18.7. The Morgan fingerprint density at radius 3 is 2.59 bits per heavy atom. The topological polar surface area (TPSA) is 85.8 Å². The van der Waals surface area contributed by atoms with Crippen molar-refractivity contribution in [3.63, 3.8) is 0 Å². The Morgan fingerprint density at radius 1 is 1.19 bits per heavy atom. The number of hydrogen-bond acceptors (Lipinski definition) is 4. The van der Waals surface area contributed by atoms with Crippen LogP contribution in [0.5, 0.6) is 5.75 Å². The van der Waals surface area contributed by atoms with Crippen molar-refractivity contribution in [1.29, 1.82) is 0 Å². The van der Waals surface area contributed by atoms with Gasteiger partial charge in [0.15, 0.2) is 5.96 Å². The van der Waals surface area contributed by atoms with Crippen LogP contribution in [0.2, 0.25) is 0 Å². The van der Waals surface area contributed by atoms with Crippen molar-refractivity contribution in [1.82, 2.24) is 16.0 Å². The molecule has 2 aromatic rings. The Kier molecular flexibility index (Phi) is 10.8. The lowest BCUT2D eigenvalue weighted by Crippen LogP contribution is -2.41. The molecule has 6 nitrogen and oxygen atoms in total. The van der Waals surface area contributed by atoms with Crippen molar-refractivity contribution in [3.05, 3.63) is 52.2 Å². The summed E-state index contributed by atoms with van der Waals surface area (Å²) in [4.78, 5) is 16.6. The number of rotatable bonds is 8. The molecule has 0 spiro atoms. The maximum Gasteiger partial charge on any atom is 0.255 e. The van der Waals surface area contributed by atoms with Gasteiger partial charge in [-0.2, -0.15) is 11.3 Å². The molecule has 0 fully saturated rings. The minimum absolute atomic E-state index is 0. The van der Waals surface area contributed by atoms with Crippen molar-refractivity contribution in [3.8, 4) is 5.75 Å². The molecule has 1 heterocycles. The minimum atomic E-state index is -0.294. The van der Waals surface area contributed by atoms with Crippen LogP contribution in [0.3, 0.4) is 0 Å². The number of phenols is 1. The fourth-order valence-corrected chi connectivity index (χ4v) is 3.13. The highest BCUT2D eigenvalue weighted by Crippen LogP contribution is 2.18. The van der Waals surface area contributed by atoms with E-state index in [2.05, 4.69) is 44.7 Å². The molecule has 1 aromatic carbocycles. The number of nitrogens with zero attached hydrogens (tertiary/aromatic N) is 1. The molecular weight excluding hydrogens is 475 g/mol. The quantitative estimate of drug-likeness (QED) is 0.193. The summed E-state index contributed by atoms with van der Waals surface area (Å²) in [5.74, 6) is 0.775. The summed E-state index contributed by atoms with van der Waals surface area (Å²) >= 11 is 1.69. The maximum absolute atomic E-state index is 12.0. The van der Waals surface area contributed by atoms with Crippen LogP contribution in [0.4, 0.5) is 0 Å². The number of carbonyl (C=O) groups is 1. The highest BCUT2D eigenvalue weighted by molar-refractivity contribution is 14.0. The van der Waals surface area contributed by atoms with Crippen LogP contribution in [0.15, 0.2) is 46.1 Å². The number of carbonyl (C=O) groups excluding carboxylic acids is 1. The van der Waals surface area contributed by atoms with Crippen LogP contribution in [-0.2, 0) is 0 Å². The second-order valence-electron chi connectivity index (χ2n) is 5.88. The summed E-state index contributed by atoms with van der Waals surface area (Å²) in [5, 5.41) is 23.1. The van der Waals surface area contributed by atoms with E-state index in [4.69, 9.17) is 0 Å². The van der Waals surface area contributed by atoms with Crippen LogP contribution < -0.4 is 16.0 Å². The van der Waals surface area contributed by atoms with Gasteiger partial charge in [-0.3, -0.25) is 9.79 Å². The maximum atomic E-state index is 12.0. The number of nitrogens with one attached hydrogen (secondary N) is 3. The van der Waals surface area contributed by atoms with Crippen molar-refractivity contribution in [2.24, 2.45) is 4.99 Å². The van der Waals surface area contributed by atoms with Gasteiger partial charge >= 0.3 is 0 Å². The van der Waals surface area contributed by atoms with Crippen LogP contribution in [0, 0.1) is 0 Å². The van der Waals surface area contributed by atoms with Gasteiger partial charge in [0.05, 0.1) is 5.56 Å². The SMILES string of the molecule is CCNC(=NCC(C)c1ccsc1)NCCNC(=O)c1ccccc1O.I. The summed E-state index contributed by atoms with van der Waals surface area (Å²) in [6.45, 7) is 6.59. The molecule has 2 rings (SSSR count). The Morgan fingerprint density at radius 2 is 1.93 bits per heavy atom. The van der Waals surface area contributed by atoms with E-state index >= 15 is 0 Å². The fourth-order valence-electron chi connectivity index (χ4n) is 2.35. The number of guanidine groups is 1. The molecule has 0 saturated heterocycles. The Balaban J connectivity index is 0.00000364. The third-order valence-corrected chi connectivity index (χ3v) is 4.53. The first kappa shape index (κ1) is 23.2. The second kappa shape index (κ2) is 12.6. The molecule has 1 amide bonds. The summed E-state index contributed by atoms with van der Waals surface area (Å²) < 4.78 is 0. The zero-order valence-electron chi connectivity index (χ0n) is 15.6. The number of halogens is 1. The molecule has 27 heavy (non-hydrogen) atoms. The highest BCUT2D eigenvalue weighted by Gasteiger charge is 2.09. The van der Waals surface area contributed by atoms with E-state index in [1.54, 1.807) is 29.5 Å². The molecule has 0 aliphatic heterocycles. The Hall–Kier alpha value is -1.81. The number of phenolic OH excluding ortho intramolecular Hbond substituents is 1. The van der Waals surface area contributed by atoms with E-state index in [9.17, 15) is 9.90 Å². The average molecular weight is 502 g/mol. The minimum Gasteiger partial charge on any atom is -0.507 e. The molecular formula is C19H27IN4O2S. The van der Waals surface area contributed by atoms with Gasteiger partial charge in [-0.1, -0.05) is 19.1 Å². The van der Waals surface area contributed by atoms with Gasteiger partial charge in [-0.05, 0) is 41.4 Å². The van der Waals surface area contributed by atoms with Crippen molar-refractivity contribution in [2.75, 3.05) is 26.2 Å². The van der Waals surface area contributed by atoms with Crippen molar-refractivity contribution in [2.45, 2.75) is 19.8 Å². The van der Waals surface area contributed by atoms with E-state index in [-0.39, 0.29) is 41.2 Å². The molecule has 1 atom stereocenters. The highest BCUT2D eigenvalue weighted by atomic mass is 127. The van der Waals surface area contributed by atoms with Crippen molar-refractivity contribution < 1.29 is 9.90 Å². The summed E-state index contributed by atoms with van der Waals surface area (Å²) in [5.41, 5.74) is 1.57. The van der Waals surface area contributed by atoms with Gasteiger partial charge in [0.25, 0.3) is 5.91 Å². The predicted octanol–water partition coefficient (Wildman–Crippen LogP) is 3.16. The second-order valence-corrected chi connectivity index (χ2v) is 6.66. The first-order chi connectivity index (χ1) is 12.6. The van der Waals surface area contributed by atoms with E-state index in [0.717, 1.165) is 12.5 Å². The Bertz CT molecular complexity index is 722. The molecule has 1 unspecified atom stereocenters. The molecule has 148 valence electrons. The van der Waals surface area contributed by atoms with E-state index < -0.39 is 0 Å². The van der Waals surface area contributed by atoms with Crippen molar-refractivity contribution >= 4 is 47.2 Å². The van der Waals surface area contributed by atoms with E-state index in [1.807, 2.05) is 6.92 Å². The average Bonchev–Trinajstić information content (AvgIpc) is 3.18. The van der Waals surface area contributed by atoms with Crippen LogP contribution >= 0.6 is 35.3 Å². The standard InChI is InChI=1S/C19H26N4O2S.HI/c1-3-20-19(23-12-14(2)15-8-11-26-13-15)22-10-9-21-18(25)16-6-4-5-7-17(16)24;/h4-8,11,13-14,24H,3,9-10,12H2,1-2H3,(H,21,25)(H2,20,22,23);1H. The van der Waals surface area contributed by atoms with Gasteiger partial charge in [0, 0.05) is 32.1 Å². The lowest BCUT2D eigenvalue weighted by molar-refractivity contribution is 0.0951. The number of aliphatic imine (C=N–C) groups is 1. The van der Waals surface area contributed by atoms with Crippen LogP contribution in [0.25, 0.3) is 0 Å². The molecule has 0 aliphatic carbocycles. The zero-order chi connectivity index (χ0) is 18.8. The summed E-state index contributed by atoms with van der Waals surface area (Å²) in [6.07, 6.45) is 0.